The Morgan fingerprint density at radius 3 is 1.00 bits per heavy atom. The molecule has 0 unspecified atom stereocenters. The van der Waals surface area contributed by atoms with Crippen molar-refractivity contribution in [2.45, 2.75) is 0 Å². The molecule has 1 N–H and O–H groups in total. The van der Waals surface area contributed by atoms with E-state index < -0.39 is 0 Å². The summed E-state index contributed by atoms with van der Waals surface area (Å²) in [5.74, 6) is 0. The van der Waals surface area contributed by atoms with E-state index in [4.69, 9.17) is 0 Å². The van der Waals surface area contributed by atoms with E-state index in [0.717, 1.165) is 0 Å². The summed E-state index contributed by atoms with van der Waals surface area (Å²) in [6.07, 6.45) is 0. The summed E-state index contributed by atoms with van der Waals surface area (Å²) in [4.78, 5) is 1.42. The maximum absolute atomic E-state index is 2.08. The van der Waals surface area contributed by atoms with Crippen molar-refractivity contribution in [1.29, 1.82) is 0 Å². The molecule has 1 nitrogen and oxygen atoms in total. The van der Waals surface area contributed by atoms with Crippen molar-refractivity contribution in [3.63, 3.8) is 0 Å². The van der Waals surface area contributed by atoms with Crippen LogP contribution in [0.4, 0.5) is 0 Å². The Hall–Kier alpha value is 0.310. The Labute approximate surface area is 40.4 Å². The fourth-order valence-electron chi connectivity index (χ4n) is 0. The molecule has 0 amide bonds. The molecule has 0 spiro atoms. The predicted molar refractivity (Wildman–Crippen MR) is 27.5 cm³/mol. The van der Waals surface area contributed by atoms with Crippen LogP contribution in [0.3, 0.4) is 0 Å². The lowest BCUT2D eigenvalue weighted by Crippen LogP contribution is -3.02. The Morgan fingerprint density at radius 1 is 1.00 bits per heavy atom. The second-order valence-electron chi connectivity index (χ2n) is 1.50. The van der Waals surface area contributed by atoms with Gasteiger partial charge in [0.25, 0.3) is 0 Å². The molecular formula is C3H11NS. The van der Waals surface area contributed by atoms with Gasteiger partial charge in [-0.2, -0.15) is 0 Å². The van der Waals surface area contributed by atoms with Crippen LogP contribution >= 0.6 is 0 Å². The average Bonchev–Trinajstić information content (AvgIpc) is 0.811. The maximum atomic E-state index is 2.08. The van der Waals surface area contributed by atoms with E-state index in [1.54, 1.807) is 0 Å². The highest BCUT2D eigenvalue weighted by Gasteiger charge is 1.61. The summed E-state index contributed by atoms with van der Waals surface area (Å²) >= 11 is 0. The molecular weight excluding hydrogens is 82.1 g/mol. The smallest absolute Gasteiger partial charge is 0.0661 e. The van der Waals surface area contributed by atoms with E-state index in [-0.39, 0.29) is 13.5 Å². The van der Waals surface area contributed by atoms with Crippen LogP contribution in [0.1, 0.15) is 0 Å². The van der Waals surface area contributed by atoms with Gasteiger partial charge in [-0.05, 0) is 0 Å². The molecule has 0 saturated carbocycles. The van der Waals surface area contributed by atoms with Gasteiger partial charge in [0.2, 0.25) is 0 Å². The molecule has 0 aromatic carbocycles. The van der Waals surface area contributed by atoms with Crippen LogP contribution in [-0.2, 0) is 13.5 Å². The summed E-state index contributed by atoms with van der Waals surface area (Å²) in [6, 6.07) is 0. The lowest BCUT2D eigenvalue weighted by Gasteiger charge is -1.88. The molecule has 0 aliphatic heterocycles. The maximum Gasteiger partial charge on any atom is 0.0661 e. The number of thiol groups is 1. The normalized spacial score (nSPS) is 7.20. The molecule has 34 valence electrons. The average molecular weight is 93.2 g/mol. The molecule has 0 saturated heterocycles. The minimum Gasteiger partial charge on any atom is -0.813 e. The Morgan fingerprint density at radius 2 is 1.00 bits per heavy atom. The number of rotatable bonds is 0. The van der Waals surface area contributed by atoms with E-state index in [1.807, 2.05) is 0 Å². The van der Waals surface area contributed by atoms with E-state index in [2.05, 4.69) is 21.1 Å². The third kappa shape index (κ3) is 239. The molecule has 2 heteroatoms. The fraction of sp³-hybridized carbons (Fsp3) is 1.00. The molecule has 0 aromatic heterocycles. The number of quaternary nitrogens is 1. The molecule has 0 aromatic rings. The summed E-state index contributed by atoms with van der Waals surface area (Å²) < 4.78 is 0. The molecule has 0 bridgehead atoms. The zero-order chi connectivity index (χ0) is 3.58. The van der Waals surface area contributed by atoms with E-state index in [1.165, 1.54) is 4.90 Å². The van der Waals surface area contributed by atoms with Gasteiger partial charge in [0.1, 0.15) is 0 Å². The van der Waals surface area contributed by atoms with Crippen molar-refractivity contribution in [3.05, 3.63) is 0 Å². The molecule has 0 rings (SSSR count). The van der Waals surface area contributed by atoms with Crippen LogP contribution in [0.2, 0.25) is 0 Å². The van der Waals surface area contributed by atoms with Crippen LogP contribution in [0.5, 0.6) is 0 Å². The second kappa shape index (κ2) is 4.31. The lowest BCUT2D eigenvalue weighted by atomic mass is 11.0. The monoisotopic (exact) mass is 93.1 g/mol. The third-order valence-corrected chi connectivity index (χ3v) is 0. The van der Waals surface area contributed by atoms with Gasteiger partial charge in [0.15, 0.2) is 0 Å². The van der Waals surface area contributed by atoms with Gasteiger partial charge < -0.3 is 18.4 Å². The topological polar surface area (TPSA) is 4.44 Å². The van der Waals surface area contributed by atoms with E-state index in [9.17, 15) is 0 Å². The van der Waals surface area contributed by atoms with Gasteiger partial charge in [-0.3, -0.25) is 0 Å². The van der Waals surface area contributed by atoms with Crippen LogP contribution in [0.15, 0.2) is 0 Å². The van der Waals surface area contributed by atoms with Crippen molar-refractivity contribution < 1.29 is 4.90 Å². The molecule has 0 fully saturated rings. The molecule has 0 aliphatic carbocycles. The Bertz CT molecular complexity index is 11.6. The number of hydrogen-bond acceptors (Lipinski definition) is 1. The van der Waals surface area contributed by atoms with Crippen LogP contribution in [0, 0.1) is 0 Å². The molecule has 0 atom stereocenters. The molecule has 5 heavy (non-hydrogen) atoms. The summed E-state index contributed by atoms with van der Waals surface area (Å²) in [5.41, 5.74) is 0. The van der Waals surface area contributed by atoms with Crippen LogP contribution < -0.4 is 4.90 Å². The SMILES string of the molecule is C[NH+](C)C.[SH-]. The van der Waals surface area contributed by atoms with Gasteiger partial charge in [-0.1, -0.05) is 0 Å². The highest BCUT2D eigenvalue weighted by molar-refractivity contribution is 7.37. The van der Waals surface area contributed by atoms with Crippen LogP contribution in [-0.4, -0.2) is 21.1 Å². The second-order valence-corrected chi connectivity index (χ2v) is 1.50. The number of nitrogens with one attached hydrogen (secondary N) is 1. The van der Waals surface area contributed by atoms with Gasteiger partial charge in [0.05, 0.1) is 21.1 Å². The highest BCUT2D eigenvalue weighted by atomic mass is 32.1. The first-order valence-corrected chi connectivity index (χ1v) is 1.50. The quantitative estimate of drug-likeness (QED) is 0.282. The Kier molecular flexibility index (Phi) is 7.76. The van der Waals surface area contributed by atoms with E-state index in [0.29, 0.717) is 0 Å². The van der Waals surface area contributed by atoms with Gasteiger partial charge in [-0.25, -0.2) is 0 Å². The van der Waals surface area contributed by atoms with Gasteiger partial charge in [-0.15, -0.1) is 0 Å². The zero-order valence-electron chi connectivity index (χ0n) is 3.95. The van der Waals surface area contributed by atoms with Crippen molar-refractivity contribution in [2.24, 2.45) is 0 Å². The number of hydrogen-bond donors (Lipinski definition) is 1. The van der Waals surface area contributed by atoms with Crippen molar-refractivity contribution in [2.75, 3.05) is 21.1 Å². The summed E-state index contributed by atoms with van der Waals surface area (Å²) in [6.45, 7) is 0. The molecule has 0 heterocycles. The largest absolute Gasteiger partial charge is 0.813 e. The van der Waals surface area contributed by atoms with Gasteiger partial charge >= 0.3 is 0 Å². The molecule has 0 aliphatic rings. The standard InChI is InChI=1S/C3H9N.H2S/c1-4(2)3;/h1-3H3;1H2. The zero-order valence-corrected chi connectivity index (χ0v) is 4.84. The van der Waals surface area contributed by atoms with Crippen molar-refractivity contribution in [3.8, 4) is 0 Å². The fourth-order valence-corrected chi connectivity index (χ4v) is 0. The Balaban J connectivity index is 0. The minimum absolute atomic E-state index is 0. The third-order valence-electron chi connectivity index (χ3n) is 0. The summed E-state index contributed by atoms with van der Waals surface area (Å²) in [5, 5.41) is 0. The minimum atomic E-state index is 0. The van der Waals surface area contributed by atoms with E-state index >= 15 is 0 Å². The highest BCUT2D eigenvalue weighted by Crippen LogP contribution is 0.864. The first-order chi connectivity index (χ1) is 1.73. The van der Waals surface area contributed by atoms with Gasteiger partial charge in [0, 0.05) is 0 Å². The summed E-state index contributed by atoms with van der Waals surface area (Å²) in [7, 11) is 6.25. The predicted octanol–water partition coefficient (Wildman–Crippen LogP) is -1.51. The van der Waals surface area contributed by atoms with Crippen molar-refractivity contribution >= 4 is 13.5 Å². The first-order valence-electron chi connectivity index (χ1n) is 1.50. The molecule has 0 radical (unpaired) electrons. The lowest BCUT2D eigenvalue weighted by molar-refractivity contribution is -0.836. The van der Waals surface area contributed by atoms with Crippen LogP contribution in [0.25, 0.3) is 0 Å². The first kappa shape index (κ1) is 9.00. The van der Waals surface area contributed by atoms with Crippen molar-refractivity contribution in [1.82, 2.24) is 0 Å².